The second-order valence-electron chi connectivity index (χ2n) is 5.09. The van der Waals surface area contributed by atoms with Crippen molar-refractivity contribution in [1.82, 2.24) is 14.6 Å². The first-order chi connectivity index (χ1) is 11.8. The fourth-order valence-corrected chi connectivity index (χ4v) is 2.32. The maximum atomic E-state index is 13.3. The third-order valence-corrected chi connectivity index (χ3v) is 3.40. The van der Waals surface area contributed by atoms with E-state index in [1.165, 1.54) is 0 Å². The van der Waals surface area contributed by atoms with Gasteiger partial charge in [0.2, 0.25) is 0 Å². The van der Waals surface area contributed by atoms with E-state index in [0.29, 0.717) is 22.4 Å². The highest BCUT2D eigenvalue weighted by atomic mass is 19.4. The lowest BCUT2D eigenvalue weighted by Crippen LogP contribution is -2.14. The van der Waals surface area contributed by atoms with Crippen LogP contribution in [0.25, 0.3) is 16.9 Å². The zero-order valence-electron chi connectivity index (χ0n) is 12.9. The number of rotatable bonds is 4. The highest BCUT2D eigenvalue weighted by Crippen LogP contribution is 2.32. The Kier molecular flexibility index (Phi) is 4.07. The summed E-state index contributed by atoms with van der Waals surface area (Å²) < 4.78 is 45.8. The predicted molar refractivity (Wildman–Crippen MR) is 81.6 cm³/mol. The minimum Gasteiger partial charge on any atom is -0.494 e. The minimum atomic E-state index is -4.72. The Morgan fingerprint density at radius 3 is 2.48 bits per heavy atom. The van der Waals surface area contributed by atoms with Gasteiger partial charge in [0.05, 0.1) is 12.3 Å². The first-order valence-corrected chi connectivity index (χ1v) is 7.24. The molecular weight excluding hydrogens is 339 g/mol. The number of halogens is 3. The van der Waals surface area contributed by atoms with E-state index in [-0.39, 0.29) is 11.3 Å². The smallest absolute Gasteiger partial charge is 0.433 e. The molecule has 0 saturated heterocycles. The molecule has 0 radical (unpaired) electrons. The quantitative estimate of drug-likeness (QED) is 0.778. The van der Waals surface area contributed by atoms with Crippen molar-refractivity contribution in [3.63, 3.8) is 0 Å². The molecule has 3 aromatic rings. The Morgan fingerprint density at radius 2 is 1.92 bits per heavy atom. The number of carbonyl (C=O) groups is 1. The predicted octanol–water partition coefficient (Wildman–Crippen LogP) is 3.51. The molecule has 0 atom stereocenters. The third kappa shape index (κ3) is 3.25. The summed E-state index contributed by atoms with van der Waals surface area (Å²) in [4.78, 5) is 15.1. The molecule has 0 aliphatic rings. The summed E-state index contributed by atoms with van der Waals surface area (Å²) in [6, 6.07) is 8.24. The standard InChI is InChI=1S/C16H12F3N3O3/c1-2-25-10-5-3-9(4-6-10)11-7-13(16(17,18)19)22-14(20-11)8-12(21-22)15(23)24/h3-8H,2H2,1H3,(H,23,24). The van der Waals surface area contributed by atoms with Gasteiger partial charge in [-0.05, 0) is 37.3 Å². The van der Waals surface area contributed by atoms with Crippen LogP contribution in [0.15, 0.2) is 36.4 Å². The molecule has 0 aliphatic carbocycles. The van der Waals surface area contributed by atoms with E-state index in [1.54, 1.807) is 24.3 Å². The van der Waals surface area contributed by atoms with Gasteiger partial charge in [-0.25, -0.2) is 14.3 Å². The van der Waals surface area contributed by atoms with Crippen molar-refractivity contribution in [2.24, 2.45) is 0 Å². The van der Waals surface area contributed by atoms with Gasteiger partial charge in [0.25, 0.3) is 0 Å². The number of fused-ring (bicyclic) bond motifs is 1. The molecule has 0 fully saturated rings. The SMILES string of the molecule is CCOc1ccc(-c2cc(C(F)(F)F)n3nc(C(=O)O)cc3n2)cc1. The molecular formula is C16H12F3N3O3. The second kappa shape index (κ2) is 6.08. The number of alkyl halides is 3. The lowest BCUT2D eigenvalue weighted by molar-refractivity contribution is -0.142. The number of benzene rings is 1. The molecule has 0 unspecified atom stereocenters. The fourth-order valence-electron chi connectivity index (χ4n) is 2.32. The van der Waals surface area contributed by atoms with Crippen molar-refractivity contribution >= 4 is 11.6 Å². The maximum absolute atomic E-state index is 13.3. The summed E-state index contributed by atoms with van der Waals surface area (Å²) in [6.07, 6.45) is -4.72. The Hall–Kier alpha value is -3.10. The monoisotopic (exact) mass is 351 g/mol. The van der Waals surface area contributed by atoms with Gasteiger partial charge in [0.15, 0.2) is 17.0 Å². The number of aromatic carboxylic acids is 1. The Morgan fingerprint density at radius 1 is 1.24 bits per heavy atom. The van der Waals surface area contributed by atoms with E-state index >= 15 is 0 Å². The van der Waals surface area contributed by atoms with Crippen LogP contribution in [0.2, 0.25) is 0 Å². The Labute approximate surface area is 139 Å². The highest BCUT2D eigenvalue weighted by Gasteiger charge is 2.35. The second-order valence-corrected chi connectivity index (χ2v) is 5.09. The van der Waals surface area contributed by atoms with Gasteiger partial charge in [-0.3, -0.25) is 0 Å². The maximum Gasteiger partial charge on any atom is 0.433 e. The number of carboxylic acids is 1. The van der Waals surface area contributed by atoms with E-state index in [4.69, 9.17) is 9.84 Å². The normalized spacial score (nSPS) is 11.7. The Bertz CT molecular complexity index is 933. The van der Waals surface area contributed by atoms with Crippen molar-refractivity contribution in [2.45, 2.75) is 13.1 Å². The van der Waals surface area contributed by atoms with Crippen molar-refractivity contribution in [1.29, 1.82) is 0 Å². The zero-order chi connectivity index (χ0) is 18.2. The molecule has 9 heteroatoms. The summed E-state index contributed by atoms with van der Waals surface area (Å²) >= 11 is 0. The van der Waals surface area contributed by atoms with Gasteiger partial charge in [-0.15, -0.1) is 0 Å². The average molecular weight is 351 g/mol. The van der Waals surface area contributed by atoms with Gasteiger partial charge < -0.3 is 9.84 Å². The lowest BCUT2D eigenvalue weighted by atomic mass is 10.1. The summed E-state index contributed by atoms with van der Waals surface area (Å²) in [7, 11) is 0. The van der Waals surface area contributed by atoms with Crippen molar-refractivity contribution in [3.8, 4) is 17.0 Å². The third-order valence-electron chi connectivity index (χ3n) is 3.40. The average Bonchev–Trinajstić information content (AvgIpc) is 2.98. The minimum absolute atomic E-state index is 0.0553. The molecule has 0 saturated carbocycles. The topological polar surface area (TPSA) is 76.7 Å². The number of hydrogen-bond acceptors (Lipinski definition) is 4. The van der Waals surface area contributed by atoms with Crippen molar-refractivity contribution in [2.75, 3.05) is 6.61 Å². The van der Waals surface area contributed by atoms with Crippen molar-refractivity contribution in [3.05, 3.63) is 47.8 Å². The number of hydrogen-bond donors (Lipinski definition) is 1. The molecule has 2 aromatic heterocycles. The zero-order valence-corrected chi connectivity index (χ0v) is 12.9. The largest absolute Gasteiger partial charge is 0.494 e. The van der Waals surface area contributed by atoms with Gasteiger partial charge in [0.1, 0.15) is 5.75 Å². The number of nitrogens with zero attached hydrogens (tertiary/aromatic N) is 3. The molecule has 6 nitrogen and oxygen atoms in total. The lowest BCUT2D eigenvalue weighted by Gasteiger charge is -2.11. The summed E-state index contributed by atoms with van der Waals surface area (Å²) in [5.74, 6) is -0.845. The number of aromatic nitrogens is 3. The van der Waals surface area contributed by atoms with E-state index < -0.39 is 23.5 Å². The first kappa shape index (κ1) is 16.7. The fraction of sp³-hybridized carbons (Fsp3) is 0.188. The molecule has 2 heterocycles. The van der Waals surface area contributed by atoms with Crippen LogP contribution in [0.3, 0.4) is 0 Å². The summed E-state index contributed by atoms with van der Waals surface area (Å²) in [5, 5.41) is 12.4. The van der Waals surface area contributed by atoms with Crippen LogP contribution in [0.1, 0.15) is 23.1 Å². The van der Waals surface area contributed by atoms with Crippen LogP contribution < -0.4 is 4.74 Å². The molecule has 0 bridgehead atoms. The summed E-state index contributed by atoms with van der Waals surface area (Å²) in [6.45, 7) is 2.29. The van der Waals surface area contributed by atoms with Crippen LogP contribution in [0, 0.1) is 0 Å². The van der Waals surface area contributed by atoms with Crippen LogP contribution in [-0.4, -0.2) is 32.3 Å². The summed E-state index contributed by atoms with van der Waals surface area (Å²) in [5.41, 5.74) is -1.32. The van der Waals surface area contributed by atoms with Crippen LogP contribution >= 0.6 is 0 Å². The van der Waals surface area contributed by atoms with Gasteiger partial charge in [0, 0.05) is 11.6 Å². The molecule has 0 amide bonds. The molecule has 0 spiro atoms. The van der Waals surface area contributed by atoms with E-state index in [9.17, 15) is 18.0 Å². The Balaban J connectivity index is 2.17. The van der Waals surface area contributed by atoms with Crippen LogP contribution in [-0.2, 0) is 6.18 Å². The molecule has 1 aromatic carbocycles. The van der Waals surface area contributed by atoms with E-state index in [2.05, 4.69) is 10.1 Å². The van der Waals surface area contributed by atoms with Gasteiger partial charge in [-0.1, -0.05) is 0 Å². The molecule has 25 heavy (non-hydrogen) atoms. The van der Waals surface area contributed by atoms with E-state index in [1.807, 2.05) is 6.92 Å². The molecule has 0 aliphatic heterocycles. The number of carboxylic acid groups (broad SMARTS) is 1. The van der Waals surface area contributed by atoms with Crippen molar-refractivity contribution < 1.29 is 27.8 Å². The van der Waals surface area contributed by atoms with Gasteiger partial charge in [-0.2, -0.15) is 18.3 Å². The van der Waals surface area contributed by atoms with Gasteiger partial charge >= 0.3 is 12.1 Å². The van der Waals surface area contributed by atoms with Crippen LogP contribution in [0.5, 0.6) is 5.75 Å². The number of ether oxygens (including phenoxy) is 1. The van der Waals surface area contributed by atoms with Crippen LogP contribution in [0.4, 0.5) is 13.2 Å². The van der Waals surface area contributed by atoms with E-state index in [0.717, 1.165) is 12.1 Å². The molecule has 3 rings (SSSR count). The molecule has 1 N–H and O–H groups in total. The highest BCUT2D eigenvalue weighted by molar-refractivity contribution is 5.86. The first-order valence-electron chi connectivity index (χ1n) is 7.24. The molecule has 130 valence electrons.